The topological polar surface area (TPSA) is 38.0 Å². The molecule has 1 aromatic carbocycles. The number of anilines is 1. The van der Waals surface area contributed by atoms with Gasteiger partial charge in [-0.25, -0.2) is 0 Å². The molecule has 2 rings (SSSR count). The van der Waals surface area contributed by atoms with Crippen molar-refractivity contribution < 1.29 is 0 Å². The summed E-state index contributed by atoms with van der Waals surface area (Å²) in [4.78, 5) is 1.68. The van der Waals surface area contributed by atoms with Crippen LogP contribution in [-0.4, -0.2) is 4.99 Å². The molecule has 0 bridgehead atoms. The Morgan fingerprint density at radius 3 is 2.83 bits per heavy atom. The summed E-state index contributed by atoms with van der Waals surface area (Å²) in [6.07, 6.45) is 0. The van der Waals surface area contributed by atoms with Gasteiger partial charge in [-0.3, -0.25) is 0 Å². The molecule has 1 heterocycles. The third-order valence-electron chi connectivity index (χ3n) is 2.59. The van der Waals surface area contributed by atoms with Crippen LogP contribution in [0.2, 0.25) is 0 Å². The Morgan fingerprint density at radius 1 is 1.44 bits per heavy atom. The molecule has 0 amide bonds. The van der Waals surface area contributed by atoms with Gasteiger partial charge in [-0.05, 0) is 36.6 Å². The molecule has 18 heavy (non-hydrogen) atoms. The Balaban J connectivity index is 2.26. The summed E-state index contributed by atoms with van der Waals surface area (Å²) < 4.78 is 0.972. The molecule has 0 radical (unpaired) electrons. The zero-order chi connectivity index (χ0) is 13.1. The molecule has 1 atom stereocenters. The van der Waals surface area contributed by atoms with E-state index < -0.39 is 0 Å². The number of thiocarbonyl (C=S) groups is 1. The van der Waals surface area contributed by atoms with E-state index in [1.807, 2.05) is 24.3 Å². The van der Waals surface area contributed by atoms with Crippen LogP contribution in [0.25, 0.3) is 0 Å². The van der Waals surface area contributed by atoms with Gasteiger partial charge in [-0.15, -0.1) is 11.3 Å². The predicted octanol–water partition coefficient (Wildman–Crippen LogP) is 4.32. The highest BCUT2D eigenvalue weighted by Crippen LogP contribution is 2.27. The largest absolute Gasteiger partial charge is 0.389 e. The number of halogens is 1. The van der Waals surface area contributed by atoms with E-state index in [0.717, 1.165) is 15.7 Å². The summed E-state index contributed by atoms with van der Waals surface area (Å²) in [5, 5.41) is 5.52. The third-order valence-corrected chi connectivity index (χ3v) is 4.36. The fraction of sp³-hybridized carbons (Fsp3) is 0.154. The molecule has 0 aliphatic carbocycles. The van der Waals surface area contributed by atoms with Gasteiger partial charge in [0.1, 0.15) is 4.99 Å². The highest BCUT2D eigenvalue weighted by atomic mass is 79.9. The molecule has 0 saturated heterocycles. The molecule has 0 aliphatic heterocycles. The van der Waals surface area contributed by atoms with Crippen molar-refractivity contribution >= 4 is 50.2 Å². The molecule has 2 aromatic rings. The highest BCUT2D eigenvalue weighted by molar-refractivity contribution is 9.10. The lowest BCUT2D eigenvalue weighted by Gasteiger charge is -2.17. The number of rotatable bonds is 4. The van der Waals surface area contributed by atoms with Crippen LogP contribution in [0.4, 0.5) is 5.69 Å². The van der Waals surface area contributed by atoms with Crippen molar-refractivity contribution in [3.8, 4) is 0 Å². The van der Waals surface area contributed by atoms with Crippen LogP contribution in [0.3, 0.4) is 0 Å². The Morgan fingerprint density at radius 2 is 2.22 bits per heavy atom. The fourth-order valence-electron chi connectivity index (χ4n) is 1.69. The molecule has 3 N–H and O–H groups in total. The van der Waals surface area contributed by atoms with Crippen LogP contribution in [0, 0.1) is 0 Å². The second-order valence-electron chi connectivity index (χ2n) is 3.94. The smallest absolute Gasteiger partial charge is 0.106 e. The zero-order valence-electron chi connectivity index (χ0n) is 9.81. The van der Waals surface area contributed by atoms with E-state index >= 15 is 0 Å². The number of nitrogens with two attached hydrogens (primary N) is 1. The number of thiophene rings is 1. The first kappa shape index (κ1) is 13.5. The SMILES string of the molecule is CC(Nc1ccc(Br)cc1C(N)=S)c1cccs1. The zero-order valence-corrected chi connectivity index (χ0v) is 13.0. The van der Waals surface area contributed by atoms with Gasteiger partial charge in [0.05, 0.1) is 6.04 Å². The van der Waals surface area contributed by atoms with E-state index in [-0.39, 0.29) is 6.04 Å². The molecule has 94 valence electrons. The molecule has 0 spiro atoms. The second kappa shape index (κ2) is 5.82. The van der Waals surface area contributed by atoms with Gasteiger partial charge in [0.15, 0.2) is 0 Å². The van der Waals surface area contributed by atoms with Crippen LogP contribution in [0.5, 0.6) is 0 Å². The van der Waals surface area contributed by atoms with Crippen molar-refractivity contribution in [2.75, 3.05) is 5.32 Å². The molecular weight excluding hydrogens is 328 g/mol. The normalized spacial score (nSPS) is 12.1. The van der Waals surface area contributed by atoms with Crippen molar-refractivity contribution in [3.05, 3.63) is 50.6 Å². The standard InChI is InChI=1S/C13H13BrN2S2/c1-8(12-3-2-6-18-12)16-11-5-4-9(14)7-10(11)13(15)17/h2-8,16H,1H3,(H2,15,17). The van der Waals surface area contributed by atoms with E-state index in [2.05, 4.69) is 39.6 Å². The average Bonchev–Trinajstić information content (AvgIpc) is 2.84. The van der Waals surface area contributed by atoms with Crippen molar-refractivity contribution in [2.24, 2.45) is 5.73 Å². The number of hydrogen-bond acceptors (Lipinski definition) is 3. The van der Waals surface area contributed by atoms with Crippen LogP contribution in [0.1, 0.15) is 23.4 Å². The Labute approximate surface area is 124 Å². The van der Waals surface area contributed by atoms with Crippen LogP contribution in [-0.2, 0) is 0 Å². The predicted molar refractivity (Wildman–Crippen MR) is 86.4 cm³/mol. The third kappa shape index (κ3) is 3.10. The maximum Gasteiger partial charge on any atom is 0.106 e. The molecular formula is C13H13BrN2S2. The summed E-state index contributed by atoms with van der Waals surface area (Å²) in [6, 6.07) is 10.3. The first-order valence-electron chi connectivity index (χ1n) is 5.47. The van der Waals surface area contributed by atoms with E-state index in [0.29, 0.717) is 4.99 Å². The summed E-state index contributed by atoms with van der Waals surface area (Å²) in [7, 11) is 0. The molecule has 1 aromatic heterocycles. The first-order valence-corrected chi connectivity index (χ1v) is 7.55. The lowest BCUT2D eigenvalue weighted by molar-refractivity contribution is 0.907. The minimum absolute atomic E-state index is 0.235. The van der Waals surface area contributed by atoms with Gasteiger partial charge >= 0.3 is 0 Å². The van der Waals surface area contributed by atoms with Crippen molar-refractivity contribution in [1.29, 1.82) is 0 Å². The number of nitrogens with one attached hydrogen (secondary N) is 1. The summed E-state index contributed by atoms with van der Waals surface area (Å²) in [6.45, 7) is 2.12. The second-order valence-corrected chi connectivity index (χ2v) is 6.27. The van der Waals surface area contributed by atoms with Crippen molar-refractivity contribution in [2.45, 2.75) is 13.0 Å². The molecule has 0 fully saturated rings. The van der Waals surface area contributed by atoms with E-state index in [4.69, 9.17) is 18.0 Å². The maximum atomic E-state index is 5.75. The van der Waals surface area contributed by atoms with Gasteiger partial charge in [-0.1, -0.05) is 34.2 Å². The average molecular weight is 341 g/mol. The molecule has 2 nitrogen and oxygen atoms in total. The number of benzene rings is 1. The lowest BCUT2D eigenvalue weighted by Crippen LogP contribution is -2.14. The van der Waals surface area contributed by atoms with E-state index in [1.165, 1.54) is 4.88 Å². The fourth-order valence-corrected chi connectivity index (χ4v) is 2.95. The van der Waals surface area contributed by atoms with Crippen LogP contribution >= 0.6 is 39.5 Å². The quantitative estimate of drug-likeness (QED) is 0.814. The van der Waals surface area contributed by atoms with Crippen LogP contribution in [0.15, 0.2) is 40.2 Å². The van der Waals surface area contributed by atoms with E-state index in [9.17, 15) is 0 Å². The monoisotopic (exact) mass is 340 g/mol. The van der Waals surface area contributed by atoms with Gasteiger partial charge < -0.3 is 11.1 Å². The minimum atomic E-state index is 0.235. The summed E-state index contributed by atoms with van der Waals surface area (Å²) in [5.41, 5.74) is 7.58. The lowest BCUT2D eigenvalue weighted by atomic mass is 10.1. The van der Waals surface area contributed by atoms with Gasteiger partial charge in [0, 0.05) is 20.6 Å². The minimum Gasteiger partial charge on any atom is -0.389 e. The molecule has 0 saturated carbocycles. The van der Waals surface area contributed by atoms with Gasteiger partial charge in [-0.2, -0.15) is 0 Å². The Hall–Kier alpha value is -0.910. The highest BCUT2D eigenvalue weighted by Gasteiger charge is 2.11. The number of hydrogen-bond donors (Lipinski definition) is 2. The van der Waals surface area contributed by atoms with Crippen molar-refractivity contribution in [3.63, 3.8) is 0 Å². The Kier molecular flexibility index (Phi) is 4.37. The van der Waals surface area contributed by atoms with E-state index in [1.54, 1.807) is 11.3 Å². The Bertz CT molecular complexity index is 552. The van der Waals surface area contributed by atoms with Gasteiger partial charge in [0.25, 0.3) is 0 Å². The van der Waals surface area contributed by atoms with Crippen molar-refractivity contribution in [1.82, 2.24) is 0 Å². The first-order chi connectivity index (χ1) is 8.58. The summed E-state index contributed by atoms with van der Waals surface area (Å²) in [5.74, 6) is 0. The van der Waals surface area contributed by atoms with Gasteiger partial charge in [0.2, 0.25) is 0 Å². The molecule has 5 heteroatoms. The molecule has 0 aliphatic rings. The molecule has 1 unspecified atom stereocenters. The maximum absolute atomic E-state index is 5.75. The summed E-state index contributed by atoms with van der Waals surface area (Å²) >= 11 is 10.2. The van der Waals surface area contributed by atoms with Crippen LogP contribution < -0.4 is 11.1 Å².